The molecular weight excluding hydrogens is 284 g/mol. The zero-order valence-corrected chi connectivity index (χ0v) is 11.3. The number of ketones is 2. The number of aromatic hydroxyl groups is 1. The van der Waals surface area contributed by atoms with Gasteiger partial charge in [0.1, 0.15) is 0 Å². The molecule has 0 radical (unpaired) electrons. The fraction of sp³-hybridized carbons (Fsp3) is 0. The third-order valence-corrected chi connectivity index (χ3v) is 3.39. The number of phenols is 1. The fourth-order valence-corrected chi connectivity index (χ4v) is 2.39. The molecule has 0 amide bonds. The lowest BCUT2D eigenvalue weighted by Gasteiger charge is -2.20. The number of phenolic OH excluding ortho intramolecular Hbond substituents is 1. The van der Waals surface area contributed by atoms with Crippen molar-refractivity contribution in [3.63, 3.8) is 0 Å². The standard InChI is InChI=1S/C17H10O5/c1-2-13(19)22-17-12(18)8-7-11-14(17)16(21)10-6-4-3-5-9(10)15(11)20/h2-8,18H,1H2. The molecule has 2 aromatic carbocycles. The van der Waals surface area contributed by atoms with Gasteiger partial charge in [-0.2, -0.15) is 0 Å². The van der Waals surface area contributed by atoms with Crippen LogP contribution in [0.15, 0.2) is 49.1 Å². The van der Waals surface area contributed by atoms with Crippen molar-refractivity contribution in [2.75, 3.05) is 0 Å². The lowest BCUT2D eigenvalue weighted by Crippen LogP contribution is -2.22. The van der Waals surface area contributed by atoms with Crippen LogP contribution < -0.4 is 4.74 Å². The van der Waals surface area contributed by atoms with Crippen LogP contribution in [0, 0.1) is 0 Å². The summed E-state index contributed by atoms with van der Waals surface area (Å²) in [7, 11) is 0. The first-order valence-corrected chi connectivity index (χ1v) is 6.43. The van der Waals surface area contributed by atoms with Crippen molar-refractivity contribution in [1.82, 2.24) is 0 Å². The molecule has 0 unspecified atom stereocenters. The molecule has 0 aromatic heterocycles. The Morgan fingerprint density at radius 2 is 1.64 bits per heavy atom. The molecule has 0 saturated carbocycles. The van der Waals surface area contributed by atoms with E-state index in [1.54, 1.807) is 18.2 Å². The third kappa shape index (κ3) is 1.91. The summed E-state index contributed by atoms with van der Waals surface area (Å²) in [5.74, 6) is -2.39. The van der Waals surface area contributed by atoms with Gasteiger partial charge in [-0.25, -0.2) is 4.79 Å². The molecule has 1 aliphatic carbocycles. The Morgan fingerprint density at radius 1 is 1.00 bits per heavy atom. The number of ether oxygens (including phenoxy) is 1. The van der Waals surface area contributed by atoms with Gasteiger partial charge in [0.25, 0.3) is 0 Å². The van der Waals surface area contributed by atoms with E-state index in [9.17, 15) is 19.5 Å². The van der Waals surface area contributed by atoms with Crippen molar-refractivity contribution >= 4 is 17.5 Å². The van der Waals surface area contributed by atoms with Crippen LogP contribution in [0.4, 0.5) is 0 Å². The lowest BCUT2D eigenvalue weighted by atomic mass is 9.83. The predicted octanol–water partition coefficient (Wildman–Crippen LogP) is 2.26. The topological polar surface area (TPSA) is 80.7 Å². The maximum atomic E-state index is 12.6. The van der Waals surface area contributed by atoms with Crippen LogP contribution in [0.1, 0.15) is 31.8 Å². The molecule has 22 heavy (non-hydrogen) atoms. The summed E-state index contributed by atoms with van der Waals surface area (Å²) in [5, 5.41) is 9.89. The predicted molar refractivity (Wildman–Crippen MR) is 77.2 cm³/mol. The average molecular weight is 294 g/mol. The van der Waals surface area contributed by atoms with Gasteiger partial charge < -0.3 is 9.84 Å². The van der Waals surface area contributed by atoms with Gasteiger partial charge in [-0.1, -0.05) is 30.8 Å². The number of carbonyl (C=O) groups excluding carboxylic acids is 3. The summed E-state index contributed by atoms with van der Waals surface area (Å²) in [6, 6.07) is 8.92. The minimum Gasteiger partial charge on any atom is -0.504 e. The zero-order chi connectivity index (χ0) is 15.9. The first-order valence-electron chi connectivity index (χ1n) is 6.43. The second kappa shape index (κ2) is 4.96. The summed E-state index contributed by atoms with van der Waals surface area (Å²) in [4.78, 5) is 36.5. The minimum atomic E-state index is -0.831. The van der Waals surface area contributed by atoms with Crippen LogP contribution in [-0.4, -0.2) is 22.6 Å². The number of benzene rings is 2. The van der Waals surface area contributed by atoms with Crippen LogP contribution >= 0.6 is 0 Å². The van der Waals surface area contributed by atoms with Gasteiger partial charge in [0.15, 0.2) is 23.1 Å². The molecule has 0 atom stereocenters. The summed E-state index contributed by atoms with van der Waals surface area (Å²) < 4.78 is 4.95. The van der Waals surface area contributed by atoms with E-state index >= 15 is 0 Å². The number of hydrogen-bond acceptors (Lipinski definition) is 5. The first kappa shape index (κ1) is 13.8. The van der Waals surface area contributed by atoms with Crippen LogP contribution in [0.5, 0.6) is 11.5 Å². The van der Waals surface area contributed by atoms with Crippen LogP contribution in [-0.2, 0) is 4.79 Å². The van der Waals surface area contributed by atoms with E-state index in [4.69, 9.17) is 4.74 Å². The molecule has 0 heterocycles. The van der Waals surface area contributed by atoms with Gasteiger partial charge in [0.2, 0.25) is 0 Å². The summed E-state index contributed by atoms with van der Waals surface area (Å²) >= 11 is 0. The van der Waals surface area contributed by atoms with Gasteiger partial charge in [0.05, 0.1) is 5.56 Å². The van der Waals surface area contributed by atoms with E-state index in [2.05, 4.69) is 6.58 Å². The molecule has 5 nitrogen and oxygen atoms in total. The Kier molecular flexibility index (Phi) is 3.10. The van der Waals surface area contributed by atoms with Crippen LogP contribution in [0.2, 0.25) is 0 Å². The smallest absolute Gasteiger partial charge is 0.335 e. The molecule has 0 spiro atoms. The molecule has 0 fully saturated rings. The Morgan fingerprint density at radius 3 is 2.27 bits per heavy atom. The Hall–Kier alpha value is -3.21. The van der Waals surface area contributed by atoms with Crippen molar-refractivity contribution in [3.05, 3.63) is 71.3 Å². The molecule has 5 heteroatoms. The van der Waals surface area contributed by atoms with E-state index in [0.29, 0.717) is 0 Å². The van der Waals surface area contributed by atoms with E-state index in [0.717, 1.165) is 6.08 Å². The molecule has 108 valence electrons. The first-order chi connectivity index (χ1) is 10.5. The number of carbonyl (C=O) groups is 3. The zero-order valence-electron chi connectivity index (χ0n) is 11.3. The molecule has 0 aliphatic heterocycles. The number of esters is 1. The van der Waals surface area contributed by atoms with Gasteiger partial charge in [-0.05, 0) is 12.1 Å². The van der Waals surface area contributed by atoms with Crippen molar-refractivity contribution in [1.29, 1.82) is 0 Å². The van der Waals surface area contributed by atoms with Gasteiger partial charge in [-0.3, -0.25) is 9.59 Å². The van der Waals surface area contributed by atoms with E-state index in [-0.39, 0.29) is 33.8 Å². The van der Waals surface area contributed by atoms with E-state index < -0.39 is 17.5 Å². The van der Waals surface area contributed by atoms with Gasteiger partial charge in [-0.15, -0.1) is 0 Å². The second-order valence-corrected chi connectivity index (χ2v) is 4.67. The highest BCUT2D eigenvalue weighted by molar-refractivity contribution is 6.29. The number of hydrogen-bond donors (Lipinski definition) is 1. The van der Waals surface area contributed by atoms with Crippen molar-refractivity contribution in [2.45, 2.75) is 0 Å². The van der Waals surface area contributed by atoms with Gasteiger partial charge >= 0.3 is 5.97 Å². The molecule has 1 aliphatic rings. The van der Waals surface area contributed by atoms with E-state index in [1.165, 1.54) is 18.2 Å². The fourth-order valence-electron chi connectivity index (χ4n) is 2.39. The van der Waals surface area contributed by atoms with Gasteiger partial charge in [0, 0.05) is 22.8 Å². The molecular formula is C17H10O5. The average Bonchev–Trinajstić information content (AvgIpc) is 2.54. The maximum Gasteiger partial charge on any atom is 0.335 e. The Labute approximate surface area is 125 Å². The quantitative estimate of drug-likeness (QED) is 0.445. The van der Waals surface area contributed by atoms with E-state index in [1.807, 2.05) is 0 Å². The lowest BCUT2D eigenvalue weighted by molar-refractivity contribution is -0.129. The third-order valence-electron chi connectivity index (χ3n) is 3.39. The largest absolute Gasteiger partial charge is 0.504 e. The maximum absolute atomic E-state index is 12.6. The molecule has 2 aromatic rings. The number of fused-ring (bicyclic) bond motifs is 2. The monoisotopic (exact) mass is 294 g/mol. The highest BCUT2D eigenvalue weighted by Gasteiger charge is 2.34. The highest BCUT2D eigenvalue weighted by atomic mass is 16.5. The SMILES string of the molecule is C=CC(=O)Oc1c(O)ccc2c1C(=O)c1ccccc1C2=O. The Balaban J connectivity index is 2.26. The summed E-state index contributed by atoms with van der Waals surface area (Å²) in [6.07, 6.45) is 0.905. The molecule has 0 saturated heterocycles. The summed E-state index contributed by atoms with van der Waals surface area (Å²) in [6.45, 7) is 3.26. The van der Waals surface area contributed by atoms with Crippen molar-refractivity contribution in [2.24, 2.45) is 0 Å². The molecule has 0 bridgehead atoms. The summed E-state index contributed by atoms with van der Waals surface area (Å²) in [5.41, 5.74) is 0.473. The second-order valence-electron chi connectivity index (χ2n) is 4.67. The van der Waals surface area contributed by atoms with Crippen LogP contribution in [0.25, 0.3) is 0 Å². The van der Waals surface area contributed by atoms with Crippen molar-refractivity contribution < 1.29 is 24.2 Å². The normalized spacial score (nSPS) is 12.4. The highest BCUT2D eigenvalue weighted by Crippen LogP contribution is 2.38. The number of rotatable bonds is 2. The minimum absolute atomic E-state index is 0.0911. The molecule has 3 rings (SSSR count). The van der Waals surface area contributed by atoms with Crippen molar-refractivity contribution in [3.8, 4) is 11.5 Å². The molecule has 1 N–H and O–H groups in total. The van der Waals surface area contributed by atoms with Crippen LogP contribution in [0.3, 0.4) is 0 Å². The Bertz CT molecular complexity index is 848.